The van der Waals surface area contributed by atoms with E-state index in [1.165, 1.54) is 29.5 Å². The molecule has 1 aromatic heterocycles. The summed E-state index contributed by atoms with van der Waals surface area (Å²) in [6.07, 6.45) is 3.00. The van der Waals surface area contributed by atoms with E-state index in [4.69, 9.17) is 11.6 Å². The minimum absolute atomic E-state index is 0.295. The average Bonchev–Trinajstić information content (AvgIpc) is 3.03. The molecule has 0 aliphatic heterocycles. The van der Waals surface area contributed by atoms with Gasteiger partial charge in [-0.1, -0.05) is 35.9 Å². The maximum absolute atomic E-state index is 12.8. The van der Waals surface area contributed by atoms with Crippen molar-refractivity contribution in [1.29, 1.82) is 0 Å². The maximum atomic E-state index is 12.8. The zero-order valence-corrected chi connectivity index (χ0v) is 13.9. The normalized spacial score (nSPS) is 10.9. The van der Waals surface area contributed by atoms with Gasteiger partial charge in [0.2, 0.25) is 5.91 Å². The monoisotopic (exact) mass is 358 g/mol. The number of thiazole rings is 1. The van der Waals surface area contributed by atoms with Crippen LogP contribution in [-0.4, -0.2) is 10.9 Å². The molecule has 3 aromatic rings. The Hall–Kier alpha value is -2.50. The number of benzene rings is 2. The summed E-state index contributed by atoms with van der Waals surface area (Å²) in [6, 6.07) is 13.2. The van der Waals surface area contributed by atoms with Crippen molar-refractivity contribution in [2.75, 3.05) is 5.32 Å². The molecule has 120 valence electrons. The van der Waals surface area contributed by atoms with E-state index in [0.29, 0.717) is 10.2 Å². The summed E-state index contributed by atoms with van der Waals surface area (Å²) in [6.45, 7) is 0. The lowest BCUT2D eigenvalue weighted by Crippen LogP contribution is -2.07. The fraction of sp³-hybridized carbons (Fsp3) is 0. The average molecular weight is 359 g/mol. The highest BCUT2D eigenvalue weighted by molar-refractivity contribution is 7.14. The highest BCUT2D eigenvalue weighted by Gasteiger charge is 2.06. The molecule has 0 fully saturated rings. The fourth-order valence-electron chi connectivity index (χ4n) is 1.98. The van der Waals surface area contributed by atoms with Crippen LogP contribution in [0.5, 0.6) is 0 Å². The van der Waals surface area contributed by atoms with Crippen LogP contribution in [0, 0.1) is 5.82 Å². The van der Waals surface area contributed by atoms with Crippen molar-refractivity contribution in [1.82, 2.24) is 4.98 Å². The molecule has 1 amide bonds. The fourth-order valence-corrected chi connectivity index (χ4v) is 2.83. The highest BCUT2D eigenvalue weighted by Crippen LogP contribution is 2.25. The molecule has 0 saturated heterocycles. The van der Waals surface area contributed by atoms with E-state index in [1.54, 1.807) is 30.3 Å². The molecule has 3 nitrogen and oxygen atoms in total. The summed E-state index contributed by atoms with van der Waals surface area (Å²) >= 11 is 7.20. The second-order valence-electron chi connectivity index (χ2n) is 4.92. The zero-order valence-electron chi connectivity index (χ0n) is 12.4. The summed E-state index contributed by atoms with van der Waals surface area (Å²) < 4.78 is 12.8. The van der Waals surface area contributed by atoms with Gasteiger partial charge in [0.1, 0.15) is 5.82 Å². The van der Waals surface area contributed by atoms with E-state index < -0.39 is 0 Å². The molecule has 1 N–H and O–H groups in total. The van der Waals surface area contributed by atoms with Gasteiger partial charge in [0, 0.05) is 22.0 Å². The van der Waals surface area contributed by atoms with Gasteiger partial charge in [-0.05, 0) is 35.9 Å². The van der Waals surface area contributed by atoms with Gasteiger partial charge >= 0.3 is 0 Å². The second-order valence-corrected chi connectivity index (χ2v) is 6.21. The van der Waals surface area contributed by atoms with Gasteiger partial charge in [-0.15, -0.1) is 11.3 Å². The number of carbonyl (C=O) groups is 1. The number of hydrogen-bond donors (Lipinski definition) is 1. The van der Waals surface area contributed by atoms with Gasteiger partial charge in [0.15, 0.2) is 5.13 Å². The van der Waals surface area contributed by atoms with Crippen LogP contribution in [0.25, 0.3) is 17.3 Å². The first-order chi connectivity index (χ1) is 11.6. The Morgan fingerprint density at radius 3 is 2.54 bits per heavy atom. The first kappa shape index (κ1) is 16.4. The third kappa shape index (κ3) is 4.28. The first-order valence-corrected chi connectivity index (χ1v) is 8.32. The topological polar surface area (TPSA) is 42.0 Å². The highest BCUT2D eigenvalue weighted by atomic mass is 35.5. The molecule has 6 heteroatoms. The summed E-state index contributed by atoms with van der Waals surface area (Å²) in [5.41, 5.74) is 2.44. The summed E-state index contributed by atoms with van der Waals surface area (Å²) in [5, 5.41) is 5.74. The summed E-state index contributed by atoms with van der Waals surface area (Å²) in [5.74, 6) is -0.606. The number of rotatable bonds is 4. The molecule has 0 aliphatic rings. The Morgan fingerprint density at radius 2 is 1.83 bits per heavy atom. The van der Waals surface area contributed by atoms with Crippen molar-refractivity contribution in [3.05, 3.63) is 76.4 Å². The minimum Gasteiger partial charge on any atom is -0.298 e. The lowest BCUT2D eigenvalue weighted by atomic mass is 10.2. The molecular weight excluding hydrogens is 347 g/mol. The Bertz CT molecular complexity index is 873. The lowest BCUT2D eigenvalue weighted by Gasteiger charge is -1.98. The van der Waals surface area contributed by atoms with Crippen LogP contribution < -0.4 is 5.32 Å². The Balaban J connectivity index is 1.64. The minimum atomic E-state index is -0.311. The predicted octanol–water partition coefficient (Wildman–Crippen LogP) is 5.25. The number of anilines is 1. The van der Waals surface area contributed by atoms with Crippen LogP contribution in [-0.2, 0) is 4.79 Å². The van der Waals surface area contributed by atoms with Crippen LogP contribution in [0.4, 0.5) is 9.52 Å². The number of hydrogen-bond acceptors (Lipinski definition) is 3. The molecule has 0 bridgehead atoms. The molecule has 1 heterocycles. The van der Waals surface area contributed by atoms with Crippen molar-refractivity contribution in [2.24, 2.45) is 0 Å². The largest absolute Gasteiger partial charge is 0.298 e. The van der Waals surface area contributed by atoms with E-state index >= 15 is 0 Å². The van der Waals surface area contributed by atoms with Gasteiger partial charge in [0.25, 0.3) is 0 Å². The summed E-state index contributed by atoms with van der Waals surface area (Å²) in [4.78, 5) is 16.3. The number of halogens is 2. The van der Waals surface area contributed by atoms with Crippen molar-refractivity contribution >= 4 is 40.1 Å². The molecule has 0 atom stereocenters. The van der Waals surface area contributed by atoms with Crippen molar-refractivity contribution in [2.45, 2.75) is 0 Å². The van der Waals surface area contributed by atoms with E-state index in [1.807, 2.05) is 17.5 Å². The lowest BCUT2D eigenvalue weighted by molar-refractivity contribution is -0.111. The Labute approximate surface area is 147 Å². The van der Waals surface area contributed by atoms with Gasteiger partial charge < -0.3 is 0 Å². The summed E-state index contributed by atoms with van der Waals surface area (Å²) in [7, 11) is 0. The second kappa shape index (κ2) is 7.38. The van der Waals surface area contributed by atoms with Gasteiger partial charge in [0.05, 0.1) is 5.69 Å². The van der Waals surface area contributed by atoms with Gasteiger partial charge in [-0.3, -0.25) is 10.1 Å². The van der Waals surface area contributed by atoms with E-state index in [-0.39, 0.29) is 11.7 Å². The SMILES string of the molecule is O=C(C=Cc1ccc(F)cc1)Nc1nc(-c2ccc(Cl)cc2)cs1. The van der Waals surface area contributed by atoms with Crippen molar-refractivity contribution in [3.63, 3.8) is 0 Å². The van der Waals surface area contributed by atoms with Crippen LogP contribution in [0.3, 0.4) is 0 Å². The molecule has 0 saturated carbocycles. The molecule has 0 spiro atoms. The molecule has 0 radical (unpaired) electrons. The molecule has 0 aliphatic carbocycles. The van der Waals surface area contributed by atoms with Crippen molar-refractivity contribution in [3.8, 4) is 11.3 Å². The first-order valence-electron chi connectivity index (χ1n) is 7.06. The Kier molecular flexibility index (Phi) is 5.03. The van der Waals surface area contributed by atoms with Crippen LogP contribution in [0.2, 0.25) is 5.02 Å². The number of aromatic nitrogens is 1. The molecular formula is C18H12ClFN2OS. The van der Waals surface area contributed by atoms with E-state index in [0.717, 1.165) is 16.8 Å². The molecule has 3 rings (SSSR count). The molecule has 24 heavy (non-hydrogen) atoms. The van der Waals surface area contributed by atoms with Crippen LogP contribution in [0.1, 0.15) is 5.56 Å². The number of carbonyl (C=O) groups excluding carboxylic acids is 1. The quantitative estimate of drug-likeness (QED) is 0.647. The van der Waals surface area contributed by atoms with Gasteiger partial charge in [-0.25, -0.2) is 9.37 Å². The standard InChI is InChI=1S/C18H12ClFN2OS/c19-14-6-4-13(5-7-14)16-11-24-18(21-16)22-17(23)10-3-12-1-8-15(20)9-2-12/h1-11H,(H,21,22,23). The van der Waals surface area contributed by atoms with Crippen LogP contribution >= 0.6 is 22.9 Å². The van der Waals surface area contributed by atoms with E-state index in [9.17, 15) is 9.18 Å². The number of nitrogens with zero attached hydrogens (tertiary/aromatic N) is 1. The Morgan fingerprint density at radius 1 is 1.12 bits per heavy atom. The third-order valence-electron chi connectivity index (χ3n) is 3.17. The zero-order chi connectivity index (χ0) is 16.9. The van der Waals surface area contributed by atoms with Crippen molar-refractivity contribution < 1.29 is 9.18 Å². The number of nitrogens with one attached hydrogen (secondary N) is 1. The molecule has 0 unspecified atom stereocenters. The van der Waals surface area contributed by atoms with Gasteiger partial charge in [-0.2, -0.15) is 0 Å². The maximum Gasteiger partial charge on any atom is 0.250 e. The molecule has 2 aromatic carbocycles. The third-order valence-corrected chi connectivity index (χ3v) is 4.18. The smallest absolute Gasteiger partial charge is 0.250 e. The van der Waals surface area contributed by atoms with Crippen LogP contribution in [0.15, 0.2) is 60.0 Å². The number of amides is 1. The van der Waals surface area contributed by atoms with E-state index in [2.05, 4.69) is 10.3 Å². The predicted molar refractivity (Wildman–Crippen MR) is 96.6 cm³/mol.